The van der Waals surface area contributed by atoms with E-state index in [4.69, 9.17) is 6.42 Å². The zero-order valence-corrected chi connectivity index (χ0v) is 8.89. The fourth-order valence-electron chi connectivity index (χ4n) is 1.90. The van der Waals surface area contributed by atoms with Gasteiger partial charge in [-0.2, -0.15) is 0 Å². The Hall–Kier alpha value is -1.01. The highest BCUT2D eigenvalue weighted by atomic mass is 16.2. The van der Waals surface area contributed by atoms with Gasteiger partial charge >= 0.3 is 0 Å². The third-order valence-corrected chi connectivity index (χ3v) is 2.75. The van der Waals surface area contributed by atoms with E-state index in [-0.39, 0.29) is 17.4 Å². The molecule has 1 aliphatic rings. The van der Waals surface area contributed by atoms with Crippen LogP contribution >= 0.6 is 0 Å². The minimum absolute atomic E-state index is 0.0210. The minimum Gasteiger partial charge on any atom is -0.344 e. The molecule has 0 bridgehead atoms. The average molecular weight is 194 g/mol. The van der Waals surface area contributed by atoms with Gasteiger partial charge in [-0.05, 0) is 24.8 Å². The zero-order valence-electron chi connectivity index (χ0n) is 8.89. The summed E-state index contributed by atoms with van der Waals surface area (Å²) in [6.07, 6.45) is 7.30. The standard InChI is InChI=1S/C11H18N2O/c1-4-7-13-10(14)9-11(2,3)6-5-8-12-9/h1,9,12H,5-8H2,2-3H3,(H,13,14). The van der Waals surface area contributed by atoms with Crippen molar-refractivity contribution in [3.8, 4) is 12.3 Å². The third kappa shape index (κ3) is 2.49. The number of nitrogens with one attached hydrogen (secondary N) is 2. The molecule has 1 unspecified atom stereocenters. The highest BCUT2D eigenvalue weighted by Crippen LogP contribution is 2.29. The molecular weight excluding hydrogens is 176 g/mol. The molecule has 0 radical (unpaired) electrons. The van der Waals surface area contributed by atoms with Crippen molar-refractivity contribution in [1.82, 2.24) is 10.6 Å². The Morgan fingerprint density at radius 1 is 1.71 bits per heavy atom. The Morgan fingerprint density at radius 2 is 2.43 bits per heavy atom. The van der Waals surface area contributed by atoms with Crippen molar-refractivity contribution >= 4 is 5.91 Å². The summed E-state index contributed by atoms with van der Waals surface area (Å²) in [5.41, 5.74) is 0.0247. The van der Waals surface area contributed by atoms with Crippen LogP contribution in [0.25, 0.3) is 0 Å². The summed E-state index contributed by atoms with van der Waals surface area (Å²) in [5.74, 6) is 2.43. The van der Waals surface area contributed by atoms with E-state index < -0.39 is 0 Å². The molecule has 1 fully saturated rings. The van der Waals surface area contributed by atoms with Crippen LogP contribution in [0.15, 0.2) is 0 Å². The number of carbonyl (C=O) groups excluding carboxylic acids is 1. The summed E-state index contributed by atoms with van der Waals surface area (Å²) in [5, 5.41) is 5.96. The minimum atomic E-state index is -0.107. The summed E-state index contributed by atoms with van der Waals surface area (Å²) in [6.45, 7) is 5.45. The molecule has 0 aliphatic carbocycles. The number of hydrogen-bond acceptors (Lipinski definition) is 2. The molecular formula is C11H18N2O. The Bertz CT molecular complexity index is 253. The maximum absolute atomic E-state index is 11.7. The van der Waals surface area contributed by atoms with Gasteiger partial charge in [0.05, 0.1) is 12.6 Å². The van der Waals surface area contributed by atoms with Crippen LogP contribution in [0.4, 0.5) is 0 Å². The Balaban J connectivity index is 2.56. The molecule has 0 aromatic carbocycles. The number of terminal acetylenes is 1. The van der Waals surface area contributed by atoms with Crippen LogP contribution in [0.5, 0.6) is 0 Å². The van der Waals surface area contributed by atoms with Crippen molar-refractivity contribution in [3.63, 3.8) is 0 Å². The topological polar surface area (TPSA) is 41.1 Å². The van der Waals surface area contributed by atoms with Crippen LogP contribution < -0.4 is 10.6 Å². The molecule has 1 atom stereocenters. The highest BCUT2D eigenvalue weighted by molar-refractivity contribution is 5.83. The van der Waals surface area contributed by atoms with E-state index >= 15 is 0 Å². The Kier molecular flexibility index (Phi) is 3.54. The summed E-state index contributed by atoms with van der Waals surface area (Å²) >= 11 is 0. The van der Waals surface area contributed by atoms with E-state index in [9.17, 15) is 4.79 Å². The molecule has 0 saturated carbocycles. The lowest BCUT2D eigenvalue weighted by Crippen LogP contribution is -2.55. The molecule has 3 heteroatoms. The molecule has 1 saturated heterocycles. The number of piperidine rings is 1. The van der Waals surface area contributed by atoms with Crippen LogP contribution in [-0.2, 0) is 4.79 Å². The molecule has 0 spiro atoms. The number of hydrogen-bond donors (Lipinski definition) is 2. The largest absolute Gasteiger partial charge is 0.344 e. The lowest BCUT2D eigenvalue weighted by Gasteiger charge is -2.38. The second-order valence-electron chi connectivity index (χ2n) is 4.40. The van der Waals surface area contributed by atoms with Crippen molar-refractivity contribution in [1.29, 1.82) is 0 Å². The summed E-state index contributed by atoms with van der Waals surface area (Å²) in [4.78, 5) is 11.7. The van der Waals surface area contributed by atoms with E-state index in [1.165, 1.54) is 0 Å². The second kappa shape index (κ2) is 4.47. The maximum Gasteiger partial charge on any atom is 0.238 e. The molecule has 1 amide bonds. The van der Waals surface area contributed by atoms with Gasteiger partial charge in [-0.1, -0.05) is 19.8 Å². The first-order chi connectivity index (χ1) is 6.58. The highest BCUT2D eigenvalue weighted by Gasteiger charge is 2.36. The molecule has 3 nitrogen and oxygen atoms in total. The SMILES string of the molecule is C#CCNC(=O)C1NCCCC1(C)C. The van der Waals surface area contributed by atoms with Crippen molar-refractivity contribution in [2.45, 2.75) is 32.7 Å². The number of rotatable bonds is 2. The van der Waals surface area contributed by atoms with E-state index in [1.807, 2.05) is 0 Å². The molecule has 14 heavy (non-hydrogen) atoms. The zero-order chi connectivity index (χ0) is 10.6. The monoisotopic (exact) mass is 194 g/mol. The van der Waals surface area contributed by atoms with Gasteiger partial charge in [-0.3, -0.25) is 4.79 Å². The van der Waals surface area contributed by atoms with E-state index in [1.54, 1.807) is 0 Å². The van der Waals surface area contributed by atoms with Crippen LogP contribution in [0, 0.1) is 17.8 Å². The molecule has 2 N–H and O–H groups in total. The molecule has 0 aromatic rings. The fourth-order valence-corrected chi connectivity index (χ4v) is 1.90. The van der Waals surface area contributed by atoms with Gasteiger partial charge in [0, 0.05) is 0 Å². The fraction of sp³-hybridized carbons (Fsp3) is 0.727. The summed E-state index contributed by atoms with van der Waals surface area (Å²) in [6, 6.07) is -0.107. The average Bonchev–Trinajstić information content (AvgIpc) is 2.13. The summed E-state index contributed by atoms with van der Waals surface area (Å²) in [7, 11) is 0. The third-order valence-electron chi connectivity index (χ3n) is 2.75. The predicted molar refractivity (Wildman–Crippen MR) is 56.6 cm³/mol. The van der Waals surface area contributed by atoms with E-state index in [2.05, 4.69) is 30.4 Å². The maximum atomic E-state index is 11.7. The summed E-state index contributed by atoms with van der Waals surface area (Å²) < 4.78 is 0. The van der Waals surface area contributed by atoms with E-state index in [0.29, 0.717) is 6.54 Å². The lowest BCUT2D eigenvalue weighted by molar-refractivity contribution is -0.126. The molecule has 78 valence electrons. The smallest absolute Gasteiger partial charge is 0.238 e. The Morgan fingerprint density at radius 3 is 3.00 bits per heavy atom. The van der Waals surface area contributed by atoms with Crippen molar-refractivity contribution in [2.24, 2.45) is 5.41 Å². The van der Waals surface area contributed by atoms with Gasteiger partial charge in [0.15, 0.2) is 0 Å². The number of amides is 1. The molecule has 1 rings (SSSR count). The molecule has 0 aromatic heterocycles. The van der Waals surface area contributed by atoms with Crippen molar-refractivity contribution < 1.29 is 4.79 Å². The molecule has 1 aliphatic heterocycles. The molecule has 1 heterocycles. The van der Waals surface area contributed by atoms with Crippen molar-refractivity contribution in [3.05, 3.63) is 0 Å². The normalized spacial score (nSPS) is 25.1. The lowest BCUT2D eigenvalue weighted by atomic mass is 9.77. The first-order valence-electron chi connectivity index (χ1n) is 5.02. The predicted octanol–water partition coefficient (Wildman–Crippen LogP) is 0.514. The van der Waals surface area contributed by atoms with Gasteiger partial charge in [-0.15, -0.1) is 6.42 Å². The van der Waals surface area contributed by atoms with Crippen LogP contribution in [0.2, 0.25) is 0 Å². The van der Waals surface area contributed by atoms with Gasteiger partial charge in [0.2, 0.25) is 5.91 Å². The van der Waals surface area contributed by atoms with Crippen LogP contribution in [-0.4, -0.2) is 25.0 Å². The van der Waals surface area contributed by atoms with Gasteiger partial charge in [0.25, 0.3) is 0 Å². The van der Waals surface area contributed by atoms with Crippen LogP contribution in [0.3, 0.4) is 0 Å². The van der Waals surface area contributed by atoms with Gasteiger partial charge in [-0.25, -0.2) is 0 Å². The van der Waals surface area contributed by atoms with Crippen LogP contribution in [0.1, 0.15) is 26.7 Å². The first kappa shape index (κ1) is 11.1. The first-order valence-corrected chi connectivity index (χ1v) is 5.02. The van der Waals surface area contributed by atoms with Gasteiger partial charge in [0.1, 0.15) is 0 Å². The van der Waals surface area contributed by atoms with E-state index in [0.717, 1.165) is 19.4 Å². The quantitative estimate of drug-likeness (QED) is 0.629. The number of carbonyl (C=O) groups is 1. The van der Waals surface area contributed by atoms with Gasteiger partial charge < -0.3 is 10.6 Å². The van der Waals surface area contributed by atoms with Crippen molar-refractivity contribution in [2.75, 3.05) is 13.1 Å². The Labute approximate surface area is 85.6 Å². The second-order valence-corrected chi connectivity index (χ2v) is 4.40.